The van der Waals surface area contributed by atoms with Gasteiger partial charge < -0.3 is 4.98 Å². The maximum Gasteiger partial charge on any atom is 0.106 e. The van der Waals surface area contributed by atoms with Gasteiger partial charge in [0.25, 0.3) is 0 Å². The van der Waals surface area contributed by atoms with Gasteiger partial charge in [0.05, 0.1) is 11.1 Å². The van der Waals surface area contributed by atoms with Crippen molar-refractivity contribution in [3.05, 3.63) is 17.7 Å². The summed E-state index contributed by atoms with van der Waals surface area (Å²) in [5, 5.41) is 0.0353. The molecule has 62 valence electrons. The smallest absolute Gasteiger partial charge is 0.106 e. The van der Waals surface area contributed by atoms with Gasteiger partial charge in [0, 0.05) is 12.6 Å². The van der Waals surface area contributed by atoms with Gasteiger partial charge in [-0.05, 0) is 13.3 Å². The Morgan fingerprint density at radius 3 is 2.91 bits per heavy atom. The third kappa shape index (κ3) is 2.22. The molecule has 0 fully saturated rings. The second kappa shape index (κ2) is 3.77. The van der Waals surface area contributed by atoms with Crippen LogP contribution in [0.4, 0.5) is 0 Å². The van der Waals surface area contributed by atoms with E-state index in [1.165, 1.54) is 0 Å². The van der Waals surface area contributed by atoms with E-state index in [-0.39, 0.29) is 5.38 Å². The zero-order valence-electron chi connectivity index (χ0n) is 6.89. The molecule has 1 aromatic rings. The summed E-state index contributed by atoms with van der Waals surface area (Å²) in [6, 6.07) is 0. The molecular formula is C8H13ClN2. The maximum absolute atomic E-state index is 5.85. The van der Waals surface area contributed by atoms with Crippen molar-refractivity contribution < 1.29 is 0 Å². The predicted octanol–water partition coefficient (Wildman–Crippen LogP) is 2.66. The third-order valence-electron chi connectivity index (χ3n) is 1.56. The van der Waals surface area contributed by atoms with Crippen molar-refractivity contribution in [1.29, 1.82) is 0 Å². The summed E-state index contributed by atoms with van der Waals surface area (Å²) in [7, 11) is 0. The molecule has 1 atom stereocenters. The Labute approximate surface area is 72.0 Å². The lowest BCUT2D eigenvalue weighted by Gasteiger charge is -1.95. The molecule has 0 aliphatic rings. The highest BCUT2D eigenvalue weighted by molar-refractivity contribution is 6.20. The topological polar surface area (TPSA) is 28.7 Å². The van der Waals surface area contributed by atoms with Crippen LogP contribution in [-0.2, 0) is 6.42 Å². The second-order valence-electron chi connectivity index (χ2n) is 2.65. The average Bonchev–Trinajstić information content (AvgIpc) is 2.37. The van der Waals surface area contributed by atoms with E-state index in [1.54, 1.807) is 0 Å². The molecule has 0 saturated carbocycles. The van der Waals surface area contributed by atoms with E-state index < -0.39 is 0 Å². The predicted molar refractivity (Wildman–Crippen MR) is 46.9 cm³/mol. The Morgan fingerprint density at radius 1 is 1.73 bits per heavy atom. The highest BCUT2D eigenvalue weighted by Crippen LogP contribution is 2.16. The van der Waals surface area contributed by atoms with E-state index in [2.05, 4.69) is 16.9 Å². The minimum absolute atomic E-state index is 0.0353. The Hall–Kier alpha value is -0.500. The van der Waals surface area contributed by atoms with Crippen LogP contribution in [0.1, 0.15) is 37.2 Å². The zero-order valence-corrected chi connectivity index (χ0v) is 7.65. The number of halogens is 1. The van der Waals surface area contributed by atoms with E-state index in [0.717, 1.165) is 24.4 Å². The largest absolute Gasteiger partial charge is 0.345 e. The third-order valence-corrected chi connectivity index (χ3v) is 1.80. The van der Waals surface area contributed by atoms with Crippen LogP contribution in [0.3, 0.4) is 0 Å². The van der Waals surface area contributed by atoms with E-state index in [4.69, 9.17) is 11.6 Å². The molecule has 0 amide bonds. The molecule has 2 nitrogen and oxygen atoms in total. The van der Waals surface area contributed by atoms with Crippen LogP contribution in [0.5, 0.6) is 0 Å². The molecule has 1 N–H and O–H groups in total. The van der Waals surface area contributed by atoms with Crippen molar-refractivity contribution in [3.63, 3.8) is 0 Å². The number of hydrogen-bond donors (Lipinski definition) is 1. The highest BCUT2D eigenvalue weighted by Gasteiger charge is 2.03. The first kappa shape index (κ1) is 8.60. The van der Waals surface area contributed by atoms with Crippen LogP contribution >= 0.6 is 11.6 Å². The van der Waals surface area contributed by atoms with E-state index in [1.807, 2.05) is 13.1 Å². The van der Waals surface area contributed by atoms with Crippen molar-refractivity contribution in [2.45, 2.75) is 32.1 Å². The summed E-state index contributed by atoms with van der Waals surface area (Å²) in [4.78, 5) is 7.36. The van der Waals surface area contributed by atoms with E-state index >= 15 is 0 Å². The van der Waals surface area contributed by atoms with Gasteiger partial charge in [-0.1, -0.05) is 6.92 Å². The molecule has 0 radical (unpaired) electrons. The van der Waals surface area contributed by atoms with Gasteiger partial charge in [-0.25, -0.2) is 4.98 Å². The summed E-state index contributed by atoms with van der Waals surface area (Å²) >= 11 is 5.85. The quantitative estimate of drug-likeness (QED) is 0.698. The average molecular weight is 173 g/mol. The lowest BCUT2D eigenvalue weighted by molar-refractivity contribution is 0.848. The minimum Gasteiger partial charge on any atom is -0.345 e. The van der Waals surface area contributed by atoms with Gasteiger partial charge in [0.1, 0.15) is 5.82 Å². The summed E-state index contributed by atoms with van der Waals surface area (Å²) in [5.74, 6) is 1.04. The molecule has 0 aliphatic carbocycles. The molecule has 0 aromatic carbocycles. The fourth-order valence-corrected chi connectivity index (χ4v) is 1.06. The Morgan fingerprint density at radius 2 is 2.45 bits per heavy atom. The summed E-state index contributed by atoms with van der Waals surface area (Å²) < 4.78 is 0. The molecule has 1 rings (SSSR count). The van der Waals surface area contributed by atoms with Gasteiger partial charge in [0.15, 0.2) is 0 Å². The molecule has 11 heavy (non-hydrogen) atoms. The molecule has 0 bridgehead atoms. The fraction of sp³-hybridized carbons (Fsp3) is 0.625. The van der Waals surface area contributed by atoms with Gasteiger partial charge in [-0.2, -0.15) is 0 Å². The van der Waals surface area contributed by atoms with Crippen LogP contribution in [-0.4, -0.2) is 9.97 Å². The maximum atomic E-state index is 5.85. The molecule has 0 aliphatic heterocycles. The molecule has 1 aromatic heterocycles. The van der Waals surface area contributed by atoms with Crippen LogP contribution < -0.4 is 0 Å². The summed E-state index contributed by atoms with van der Waals surface area (Å²) in [6.07, 6.45) is 3.93. The number of rotatable bonds is 3. The van der Waals surface area contributed by atoms with Gasteiger partial charge in [-0.15, -0.1) is 11.6 Å². The molecule has 0 saturated heterocycles. The van der Waals surface area contributed by atoms with Crippen LogP contribution in [0.2, 0.25) is 0 Å². The van der Waals surface area contributed by atoms with Crippen molar-refractivity contribution in [2.75, 3.05) is 0 Å². The molecule has 1 heterocycles. The van der Waals surface area contributed by atoms with Crippen molar-refractivity contribution in [1.82, 2.24) is 9.97 Å². The SMILES string of the molecule is CCCc1ncc(C(C)Cl)[nH]1. The number of alkyl halides is 1. The first-order chi connectivity index (χ1) is 5.24. The molecule has 1 unspecified atom stereocenters. The lowest BCUT2D eigenvalue weighted by atomic mass is 10.3. The number of nitrogens with zero attached hydrogens (tertiary/aromatic N) is 1. The van der Waals surface area contributed by atoms with Crippen LogP contribution in [0.25, 0.3) is 0 Å². The van der Waals surface area contributed by atoms with Crippen molar-refractivity contribution >= 4 is 11.6 Å². The number of nitrogens with one attached hydrogen (secondary N) is 1. The summed E-state index contributed by atoms with van der Waals surface area (Å²) in [6.45, 7) is 4.07. The Balaban J connectivity index is 2.66. The van der Waals surface area contributed by atoms with Crippen molar-refractivity contribution in [3.8, 4) is 0 Å². The first-order valence-corrected chi connectivity index (χ1v) is 4.35. The molecular weight excluding hydrogens is 160 g/mol. The number of aromatic amines is 1. The Bertz CT molecular complexity index is 218. The fourth-order valence-electron chi connectivity index (χ4n) is 0.945. The van der Waals surface area contributed by atoms with Crippen LogP contribution in [0.15, 0.2) is 6.20 Å². The first-order valence-electron chi connectivity index (χ1n) is 3.92. The summed E-state index contributed by atoms with van der Waals surface area (Å²) in [5.41, 5.74) is 1.01. The number of aromatic nitrogens is 2. The van der Waals surface area contributed by atoms with Gasteiger partial charge >= 0.3 is 0 Å². The number of imidazole rings is 1. The van der Waals surface area contributed by atoms with Gasteiger partial charge in [-0.3, -0.25) is 0 Å². The highest BCUT2D eigenvalue weighted by atomic mass is 35.5. The standard InChI is InChI=1S/C8H13ClN2/c1-3-4-8-10-5-7(11-8)6(2)9/h5-6H,3-4H2,1-2H3,(H,10,11). The van der Waals surface area contributed by atoms with E-state index in [0.29, 0.717) is 0 Å². The second-order valence-corrected chi connectivity index (χ2v) is 3.31. The van der Waals surface area contributed by atoms with Crippen molar-refractivity contribution in [2.24, 2.45) is 0 Å². The normalized spacial score (nSPS) is 13.4. The Kier molecular flexibility index (Phi) is 2.94. The van der Waals surface area contributed by atoms with Crippen LogP contribution in [0, 0.1) is 0 Å². The zero-order chi connectivity index (χ0) is 8.27. The minimum atomic E-state index is 0.0353. The monoisotopic (exact) mass is 172 g/mol. The molecule has 0 spiro atoms. The van der Waals surface area contributed by atoms with E-state index in [9.17, 15) is 0 Å². The number of aryl methyl sites for hydroxylation is 1. The molecule has 3 heteroatoms. The lowest BCUT2D eigenvalue weighted by Crippen LogP contribution is -1.87. The number of hydrogen-bond acceptors (Lipinski definition) is 1. The van der Waals surface area contributed by atoms with Gasteiger partial charge in [0.2, 0.25) is 0 Å². The number of H-pyrrole nitrogens is 1.